The molecule has 0 aromatic heterocycles. The maximum absolute atomic E-state index is 15.6. The van der Waals surface area contributed by atoms with E-state index < -0.39 is 80.2 Å². The first-order valence-corrected chi connectivity index (χ1v) is 10.3. The van der Waals surface area contributed by atoms with Crippen molar-refractivity contribution < 1.29 is 39.5 Å². The molecular formula is C25H21F9. The third-order valence-electron chi connectivity index (χ3n) is 5.54. The fourth-order valence-electron chi connectivity index (χ4n) is 3.59. The number of benzene rings is 3. The number of halogens is 9. The summed E-state index contributed by atoms with van der Waals surface area (Å²) in [5, 5.41) is 0. The molecule has 0 bridgehead atoms. The summed E-state index contributed by atoms with van der Waals surface area (Å²) in [6, 6.07) is 0.595. The van der Waals surface area contributed by atoms with Crippen molar-refractivity contribution in [3.05, 3.63) is 80.7 Å². The zero-order valence-electron chi connectivity index (χ0n) is 19.2. The number of hydrogen-bond donors (Lipinski definition) is 0. The van der Waals surface area contributed by atoms with Crippen LogP contribution in [0.15, 0.2) is 6.07 Å². The molecule has 3 aromatic rings. The predicted octanol–water partition coefficient (Wildman–Crippen LogP) is 8.79. The molecule has 0 aliphatic carbocycles. The Balaban J connectivity index is 0.00000199. The lowest BCUT2D eigenvalue weighted by atomic mass is 9.88. The van der Waals surface area contributed by atoms with E-state index in [0.717, 1.165) is 20.8 Å². The predicted molar refractivity (Wildman–Crippen MR) is 112 cm³/mol. The lowest BCUT2D eigenvalue weighted by Crippen LogP contribution is -2.09. The van der Waals surface area contributed by atoms with Crippen molar-refractivity contribution in [1.82, 2.24) is 0 Å². The topological polar surface area (TPSA) is 0 Å². The van der Waals surface area contributed by atoms with Crippen molar-refractivity contribution in [2.75, 3.05) is 0 Å². The molecule has 34 heavy (non-hydrogen) atoms. The fourth-order valence-corrected chi connectivity index (χ4v) is 3.59. The summed E-state index contributed by atoms with van der Waals surface area (Å²) >= 11 is 0. The minimum absolute atomic E-state index is 0.190. The highest BCUT2D eigenvalue weighted by Gasteiger charge is 2.32. The first kappa shape index (κ1) is 27.3. The van der Waals surface area contributed by atoms with Gasteiger partial charge in [0, 0.05) is 11.1 Å². The Morgan fingerprint density at radius 1 is 0.471 bits per heavy atom. The highest BCUT2D eigenvalue weighted by molar-refractivity contribution is 5.80. The summed E-state index contributed by atoms with van der Waals surface area (Å²) in [4.78, 5) is 0. The van der Waals surface area contributed by atoms with Crippen LogP contribution in [-0.4, -0.2) is 0 Å². The van der Waals surface area contributed by atoms with Crippen LogP contribution < -0.4 is 0 Å². The van der Waals surface area contributed by atoms with Crippen LogP contribution in [0.4, 0.5) is 39.5 Å². The molecular weight excluding hydrogens is 471 g/mol. The average Bonchev–Trinajstić information content (AvgIpc) is 2.83. The normalized spacial score (nSPS) is 10.9. The number of rotatable bonds is 3. The Kier molecular flexibility index (Phi) is 8.11. The number of aryl methyl sites for hydroxylation is 1. The van der Waals surface area contributed by atoms with E-state index in [4.69, 9.17) is 0 Å². The Bertz CT molecular complexity index is 1220. The van der Waals surface area contributed by atoms with Gasteiger partial charge in [0.2, 0.25) is 0 Å². The van der Waals surface area contributed by atoms with E-state index in [0.29, 0.717) is 6.07 Å². The van der Waals surface area contributed by atoms with Gasteiger partial charge in [-0.2, -0.15) is 0 Å². The molecule has 0 fully saturated rings. The van der Waals surface area contributed by atoms with Gasteiger partial charge < -0.3 is 0 Å². The third-order valence-corrected chi connectivity index (χ3v) is 5.54. The lowest BCUT2D eigenvalue weighted by Gasteiger charge is -2.19. The smallest absolute Gasteiger partial charge is 0.198 e. The van der Waals surface area contributed by atoms with Gasteiger partial charge in [-0.15, -0.1) is 0 Å². The van der Waals surface area contributed by atoms with Crippen LogP contribution in [0.3, 0.4) is 0 Å². The van der Waals surface area contributed by atoms with Crippen LogP contribution in [0.2, 0.25) is 0 Å². The molecule has 0 atom stereocenters. The summed E-state index contributed by atoms with van der Waals surface area (Å²) in [6.45, 7) is 8.34. The summed E-state index contributed by atoms with van der Waals surface area (Å²) in [5.41, 5.74) is -6.81. The minimum Gasteiger partial charge on any atom is -0.206 e. The van der Waals surface area contributed by atoms with Gasteiger partial charge >= 0.3 is 0 Å². The second-order valence-electron chi connectivity index (χ2n) is 7.26. The van der Waals surface area contributed by atoms with Crippen LogP contribution in [0.25, 0.3) is 22.3 Å². The molecule has 0 amide bonds. The molecule has 184 valence electrons. The molecule has 0 radical (unpaired) electrons. The monoisotopic (exact) mass is 492 g/mol. The van der Waals surface area contributed by atoms with Crippen LogP contribution in [-0.2, 0) is 6.42 Å². The van der Waals surface area contributed by atoms with Gasteiger partial charge in [0.05, 0.1) is 11.1 Å². The van der Waals surface area contributed by atoms with Crippen molar-refractivity contribution in [3.63, 3.8) is 0 Å². The van der Waals surface area contributed by atoms with Crippen molar-refractivity contribution in [3.8, 4) is 22.3 Å². The first-order chi connectivity index (χ1) is 15.9. The van der Waals surface area contributed by atoms with E-state index in [1.807, 2.05) is 13.8 Å². The maximum Gasteiger partial charge on any atom is 0.198 e. The SMILES string of the molecule is CC.CCc1cc(F)c(-c2c(C)c(F)c(F)c(F)c2F)c(F)c1-c1c(F)c(C)c(C)c(F)c1F. The summed E-state index contributed by atoms with van der Waals surface area (Å²) in [7, 11) is 0. The van der Waals surface area contributed by atoms with E-state index in [9.17, 15) is 35.1 Å². The molecule has 0 heterocycles. The van der Waals surface area contributed by atoms with Gasteiger partial charge in [0.25, 0.3) is 0 Å². The molecule has 0 saturated carbocycles. The van der Waals surface area contributed by atoms with Crippen LogP contribution >= 0.6 is 0 Å². The minimum atomic E-state index is -2.32. The zero-order valence-corrected chi connectivity index (χ0v) is 19.2. The maximum atomic E-state index is 15.6. The van der Waals surface area contributed by atoms with Gasteiger partial charge in [-0.05, 0) is 55.5 Å². The first-order valence-electron chi connectivity index (χ1n) is 10.3. The van der Waals surface area contributed by atoms with Crippen molar-refractivity contribution in [2.45, 2.75) is 48.0 Å². The Morgan fingerprint density at radius 3 is 1.44 bits per heavy atom. The van der Waals surface area contributed by atoms with Crippen molar-refractivity contribution in [2.24, 2.45) is 0 Å². The third kappa shape index (κ3) is 4.05. The van der Waals surface area contributed by atoms with E-state index in [1.165, 1.54) is 6.92 Å². The van der Waals surface area contributed by atoms with Crippen LogP contribution in [0.1, 0.15) is 43.0 Å². The Morgan fingerprint density at radius 2 is 0.912 bits per heavy atom. The second-order valence-corrected chi connectivity index (χ2v) is 7.26. The highest BCUT2D eigenvalue weighted by Crippen LogP contribution is 2.43. The van der Waals surface area contributed by atoms with E-state index in [1.54, 1.807) is 0 Å². The summed E-state index contributed by atoms with van der Waals surface area (Å²) < 4.78 is 130. The van der Waals surface area contributed by atoms with Gasteiger partial charge in [-0.3, -0.25) is 0 Å². The fraction of sp³-hybridized carbons (Fsp3) is 0.280. The van der Waals surface area contributed by atoms with Gasteiger partial charge in [0.15, 0.2) is 34.9 Å². The second kappa shape index (κ2) is 10.1. The quantitative estimate of drug-likeness (QED) is 0.195. The van der Waals surface area contributed by atoms with Crippen molar-refractivity contribution in [1.29, 1.82) is 0 Å². The molecule has 0 N–H and O–H groups in total. The summed E-state index contributed by atoms with van der Waals surface area (Å²) in [5.74, 6) is -16.4. The van der Waals surface area contributed by atoms with E-state index >= 15 is 4.39 Å². The van der Waals surface area contributed by atoms with E-state index in [-0.39, 0.29) is 23.1 Å². The molecule has 0 saturated heterocycles. The molecule has 3 aromatic carbocycles. The standard InChI is InChI=1S/C23H15F9.C2H6/c1-5-10-6-11(24)14(12-9(4)18(27)22(31)23(32)20(12)29)19(28)13(10)15-16(25)7(2)8(3)17(26)21(15)30;1-2/h6H,5H2,1-4H3;1-2H3. The summed E-state index contributed by atoms with van der Waals surface area (Å²) in [6.07, 6.45) is -0.190. The van der Waals surface area contributed by atoms with Crippen LogP contribution in [0.5, 0.6) is 0 Å². The molecule has 0 nitrogen and oxygen atoms in total. The molecule has 0 unspecified atom stereocenters. The van der Waals surface area contributed by atoms with Gasteiger partial charge in [-0.1, -0.05) is 20.8 Å². The Labute approximate surface area is 191 Å². The zero-order chi connectivity index (χ0) is 26.2. The molecule has 0 aliphatic heterocycles. The Hall–Kier alpha value is -2.97. The largest absolute Gasteiger partial charge is 0.206 e. The van der Waals surface area contributed by atoms with Crippen LogP contribution in [0, 0.1) is 73.1 Å². The lowest BCUT2D eigenvalue weighted by molar-refractivity contribution is 0.407. The number of hydrogen-bond acceptors (Lipinski definition) is 0. The molecule has 3 rings (SSSR count). The highest BCUT2D eigenvalue weighted by atomic mass is 19.2. The molecule has 0 spiro atoms. The van der Waals surface area contributed by atoms with E-state index in [2.05, 4.69) is 0 Å². The van der Waals surface area contributed by atoms with Gasteiger partial charge in [-0.25, -0.2) is 39.5 Å². The molecule has 9 heteroatoms. The average molecular weight is 492 g/mol. The van der Waals surface area contributed by atoms with Gasteiger partial charge in [0.1, 0.15) is 17.5 Å². The van der Waals surface area contributed by atoms with Crippen molar-refractivity contribution >= 4 is 0 Å². The molecule has 0 aliphatic rings.